The quantitative estimate of drug-likeness (QED) is 0.457. The first kappa shape index (κ1) is 4.59. The number of rotatable bonds is 0. The molecule has 1 heterocycles. The highest BCUT2D eigenvalue weighted by molar-refractivity contribution is 5.47. The maximum absolute atomic E-state index is 8.63. The van der Waals surface area contributed by atoms with Gasteiger partial charge in [-0.3, -0.25) is 0 Å². The lowest BCUT2D eigenvalue weighted by molar-refractivity contribution is 0.125. The van der Waals surface area contributed by atoms with Gasteiger partial charge < -0.3 is 9.84 Å². The highest BCUT2D eigenvalue weighted by atomic mass is 16.5. The Labute approximate surface area is 41.6 Å². The van der Waals surface area contributed by atoms with Crippen LogP contribution in [0.4, 0.5) is 0 Å². The van der Waals surface area contributed by atoms with Crippen LogP contribution in [0, 0.1) is 0 Å². The monoisotopic (exact) mass is 101 g/mol. The SMILES string of the molecule is OC1CCOC=N1. The molecule has 1 aliphatic heterocycles. The Bertz CT molecular complexity index is 81.8. The van der Waals surface area contributed by atoms with Gasteiger partial charge in [0, 0.05) is 6.42 Å². The molecule has 0 spiro atoms. The predicted molar refractivity (Wildman–Crippen MR) is 25.1 cm³/mol. The van der Waals surface area contributed by atoms with Gasteiger partial charge in [0.15, 0.2) is 12.6 Å². The molecule has 0 aliphatic carbocycles. The van der Waals surface area contributed by atoms with Gasteiger partial charge in [-0.1, -0.05) is 0 Å². The van der Waals surface area contributed by atoms with Crippen molar-refractivity contribution in [2.24, 2.45) is 4.99 Å². The normalized spacial score (nSPS) is 29.6. The Hall–Kier alpha value is -0.570. The lowest BCUT2D eigenvalue weighted by Crippen LogP contribution is -2.12. The third-order valence-corrected chi connectivity index (χ3v) is 0.801. The van der Waals surface area contributed by atoms with Gasteiger partial charge in [-0.25, -0.2) is 4.99 Å². The van der Waals surface area contributed by atoms with E-state index in [-0.39, 0.29) is 0 Å². The summed E-state index contributed by atoms with van der Waals surface area (Å²) in [6, 6.07) is 0. The van der Waals surface area contributed by atoms with Crippen LogP contribution >= 0.6 is 0 Å². The number of aliphatic hydroxyl groups is 1. The van der Waals surface area contributed by atoms with Crippen molar-refractivity contribution in [3.05, 3.63) is 0 Å². The molecule has 0 aromatic heterocycles. The predicted octanol–water partition coefficient (Wildman–Crippen LogP) is -0.247. The molecule has 7 heavy (non-hydrogen) atoms. The van der Waals surface area contributed by atoms with Gasteiger partial charge in [-0.15, -0.1) is 0 Å². The number of aliphatic imine (C=N–C) groups is 1. The van der Waals surface area contributed by atoms with Gasteiger partial charge >= 0.3 is 0 Å². The smallest absolute Gasteiger partial charge is 0.171 e. The molecule has 1 aliphatic rings. The topological polar surface area (TPSA) is 41.8 Å². The average molecular weight is 101 g/mol. The van der Waals surface area contributed by atoms with E-state index in [1.165, 1.54) is 6.40 Å². The maximum atomic E-state index is 8.63. The van der Waals surface area contributed by atoms with Gasteiger partial charge in [-0.2, -0.15) is 0 Å². The molecule has 40 valence electrons. The largest absolute Gasteiger partial charge is 0.483 e. The van der Waals surface area contributed by atoms with E-state index in [0.717, 1.165) is 0 Å². The zero-order valence-corrected chi connectivity index (χ0v) is 3.87. The molecule has 1 N–H and O–H groups in total. The van der Waals surface area contributed by atoms with E-state index >= 15 is 0 Å². The van der Waals surface area contributed by atoms with Crippen LogP contribution < -0.4 is 0 Å². The van der Waals surface area contributed by atoms with E-state index in [9.17, 15) is 0 Å². The maximum Gasteiger partial charge on any atom is 0.171 e. The van der Waals surface area contributed by atoms with Crippen molar-refractivity contribution in [2.75, 3.05) is 6.61 Å². The van der Waals surface area contributed by atoms with Crippen LogP contribution in [-0.2, 0) is 4.74 Å². The molecule has 0 aromatic carbocycles. The molecule has 1 rings (SSSR count). The minimum atomic E-state index is -0.520. The summed E-state index contributed by atoms with van der Waals surface area (Å²) < 4.78 is 4.69. The van der Waals surface area contributed by atoms with Crippen LogP contribution in [0.3, 0.4) is 0 Å². The zero-order valence-electron chi connectivity index (χ0n) is 3.87. The molecule has 0 saturated carbocycles. The van der Waals surface area contributed by atoms with Crippen LogP contribution in [0.5, 0.6) is 0 Å². The lowest BCUT2D eigenvalue weighted by Gasteiger charge is -2.08. The summed E-state index contributed by atoms with van der Waals surface area (Å²) >= 11 is 0. The van der Waals surface area contributed by atoms with Gasteiger partial charge in [0.05, 0.1) is 6.61 Å². The highest BCUT2D eigenvalue weighted by Gasteiger charge is 2.02. The van der Waals surface area contributed by atoms with Crippen LogP contribution in [0.15, 0.2) is 4.99 Å². The standard InChI is InChI=1S/C4H7NO2/c6-4-1-2-7-3-5-4/h3-4,6H,1-2H2. The van der Waals surface area contributed by atoms with E-state index in [1.54, 1.807) is 0 Å². The molecule has 0 saturated heterocycles. The van der Waals surface area contributed by atoms with E-state index < -0.39 is 6.23 Å². The third kappa shape index (κ3) is 1.16. The summed E-state index contributed by atoms with van der Waals surface area (Å²) in [6.07, 6.45) is 1.39. The van der Waals surface area contributed by atoms with Crippen molar-refractivity contribution >= 4 is 6.40 Å². The van der Waals surface area contributed by atoms with Crippen molar-refractivity contribution in [2.45, 2.75) is 12.6 Å². The number of hydrogen-bond acceptors (Lipinski definition) is 3. The van der Waals surface area contributed by atoms with E-state index in [1.807, 2.05) is 0 Å². The third-order valence-electron chi connectivity index (χ3n) is 0.801. The molecule has 0 aromatic rings. The molecule has 0 radical (unpaired) electrons. The van der Waals surface area contributed by atoms with E-state index in [0.29, 0.717) is 13.0 Å². The summed E-state index contributed by atoms with van der Waals surface area (Å²) in [5, 5.41) is 8.63. The first-order chi connectivity index (χ1) is 3.39. The number of nitrogens with zero attached hydrogens (tertiary/aromatic N) is 1. The summed E-state index contributed by atoms with van der Waals surface area (Å²) in [7, 11) is 0. The molecule has 3 heteroatoms. The average Bonchev–Trinajstić information content (AvgIpc) is 1.69. The van der Waals surface area contributed by atoms with Crippen LogP contribution in [0.25, 0.3) is 0 Å². The van der Waals surface area contributed by atoms with E-state index in [4.69, 9.17) is 5.11 Å². The summed E-state index contributed by atoms with van der Waals surface area (Å²) in [6.45, 7) is 0.588. The molecule has 1 unspecified atom stereocenters. The molecular formula is C4H7NO2. The molecule has 3 nitrogen and oxygen atoms in total. The Morgan fingerprint density at radius 2 is 2.71 bits per heavy atom. The molecule has 0 amide bonds. The second-order valence-electron chi connectivity index (χ2n) is 1.39. The summed E-state index contributed by atoms with van der Waals surface area (Å²) in [4.78, 5) is 3.54. The van der Waals surface area contributed by atoms with Crippen molar-refractivity contribution in [1.82, 2.24) is 0 Å². The lowest BCUT2D eigenvalue weighted by atomic mass is 10.4. The molecular weight excluding hydrogens is 94.0 g/mol. The Morgan fingerprint density at radius 3 is 3.00 bits per heavy atom. The van der Waals surface area contributed by atoms with Gasteiger partial charge in [0.1, 0.15) is 0 Å². The first-order valence-electron chi connectivity index (χ1n) is 2.21. The van der Waals surface area contributed by atoms with Crippen molar-refractivity contribution < 1.29 is 9.84 Å². The van der Waals surface area contributed by atoms with Crippen LogP contribution in [-0.4, -0.2) is 24.3 Å². The fraction of sp³-hybridized carbons (Fsp3) is 0.750. The number of hydrogen-bond donors (Lipinski definition) is 1. The van der Waals surface area contributed by atoms with Crippen molar-refractivity contribution in [1.29, 1.82) is 0 Å². The zero-order chi connectivity index (χ0) is 5.11. The van der Waals surface area contributed by atoms with Gasteiger partial charge in [0.2, 0.25) is 0 Å². The molecule has 0 fully saturated rings. The Kier molecular flexibility index (Phi) is 1.26. The summed E-state index contributed by atoms with van der Waals surface area (Å²) in [5.41, 5.74) is 0. The Balaban J connectivity index is 2.36. The minimum absolute atomic E-state index is 0.520. The first-order valence-corrected chi connectivity index (χ1v) is 2.21. The Morgan fingerprint density at radius 1 is 1.86 bits per heavy atom. The van der Waals surface area contributed by atoms with Crippen LogP contribution in [0.1, 0.15) is 6.42 Å². The molecule has 0 bridgehead atoms. The van der Waals surface area contributed by atoms with Crippen molar-refractivity contribution in [3.63, 3.8) is 0 Å². The number of ether oxygens (including phenoxy) is 1. The fourth-order valence-electron chi connectivity index (χ4n) is 0.414. The van der Waals surface area contributed by atoms with Gasteiger partial charge in [-0.05, 0) is 0 Å². The number of aliphatic hydroxyl groups excluding tert-OH is 1. The fourth-order valence-corrected chi connectivity index (χ4v) is 0.414. The second kappa shape index (κ2) is 1.93. The minimum Gasteiger partial charge on any atom is -0.483 e. The summed E-state index contributed by atoms with van der Waals surface area (Å²) in [5.74, 6) is 0. The van der Waals surface area contributed by atoms with Crippen LogP contribution in [0.2, 0.25) is 0 Å². The van der Waals surface area contributed by atoms with Gasteiger partial charge in [0.25, 0.3) is 0 Å². The second-order valence-corrected chi connectivity index (χ2v) is 1.39. The van der Waals surface area contributed by atoms with E-state index in [2.05, 4.69) is 9.73 Å². The highest BCUT2D eigenvalue weighted by Crippen LogP contribution is 1.96. The van der Waals surface area contributed by atoms with Crippen molar-refractivity contribution in [3.8, 4) is 0 Å². The molecule has 1 atom stereocenters.